The second-order valence-corrected chi connectivity index (χ2v) is 4.66. The fourth-order valence-electron chi connectivity index (χ4n) is 1.85. The molecule has 0 spiro atoms. The monoisotopic (exact) mass is 244 g/mol. The van der Waals surface area contributed by atoms with Gasteiger partial charge in [-0.05, 0) is 31.9 Å². The molecule has 2 atom stereocenters. The summed E-state index contributed by atoms with van der Waals surface area (Å²) >= 11 is 0. The van der Waals surface area contributed by atoms with Crippen LogP contribution in [0.5, 0.6) is 0 Å². The molecule has 0 unspecified atom stereocenters. The van der Waals surface area contributed by atoms with E-state index in [-0.39, 0.29) is 18.5 Å². The molecule has 1 heterocycles. The van der Waals surface area contributed by atoms with Crippen LogP contribution < -0.4 is 0 Å². The first kappa shape index (κ1) is 13.1. The summed E-state index contributed by atoms with van der Waals surface area (Å²) in [5, 5.41) is 0. The van der Waals surface area contributed by atoms with E-state index >= 15 is 0 Å². The van der Waals surface area contributed by atoms with E-state index in [0.717, 1.165) is 6.42 Å². The number of rotatable bonds is 4. The third-order valence-corrected chi connectivity index (χ3v) is 2.68. The minimum atomic E-state index is -0.218. The molecule has 2 rings (SSSR count). The lowest BCUT2D eigenvalue weighted by Gasteiger charge is -2.25. The molecule has 1 aliphatic rings. The van der Waals surface area contributed by atoms with Gasteiger partial charge in [0.2, 0.25) is 0 Å². The summed E-state index contributed by atoms with van der Waals surface area (Å²) in [5.74, 6) is 0. The smallest absolute Gasteiger partial charge is 0.177 e. The number of benzene rings is 1. The second kappa shape index (κ2) is 6.53. The molecule has 1 aliphatic heterocycles. The predicted octanol–water partition coefficient (Wildman–Crippen LogP) is 3.80. The van der Waals surface area contributed by atoms with Crippen LogP contribution in [0.25, 0.3) is 6.08 Å². The van der Waals surface area contributed by atoms with Crippen LogP contribution in [0.3, 0.4) is 0 Å². The van der Waals surface area contributed by atoms with E-state index in [4.69, 9.17) is 9.47 Å². The van der Waals surface area contributed by atoms with E-state index in [1.807, 2.05) is 38.1 Å². The summed E-state index contributed by atoms with van der Waals surface area (Å²) in [6.45, 7) is 4.03. The quantitative estimate of drug-likeness (QED) is 0.750. The minimum Gasteiger partial charge on any atom is -0.346 e. The zero-order valence-electron chi connectivity index (χ0n) is 11.0. The van der Waals surface area contributed by atoms with Crippen molar-refractivity contribution in [1.29, 1.82) is 0 Å². The molecule has 1 aromatic carbocycles. The minimum absolute atomic E-state index is 0.0963. The van der Waals surface area contributed by atoms with Crippen molar-refractivity contribution < 1.29 is 9.47 Å². The van der Waals surface area contributed by atoms with Crippen LogP contribution in [0.2, 0.25) is 0 Å². The lowest BCUT2D eigenvalue weighted by molar-refractivity contribution is -0.154. The summed E-state index contributed by atoms with van der Waals surface area (Å²) in [4.78, 5) is 0. The van der Waals surface area contributed by atoms with Gasteiger partial charge < -0.3 is 9.47 Å². The molecular weight excluding hydrogens is 224 g/mol. The maximum Gasteiger partial charge on any atom is 0.177 e. The lowest BCUT2D eigenvalue weighted by atomic mass is 10.1. The number of hydrogen-bond acceptors (Lipinski definition) is 2. The van der Waals surface area contributed by atoms with Crippen molar-refractivity contribution in [2.24, 2.45) is 0 Å². The average Bonchev–Trinajstić information content (AvgIpc) is 2.37. The first-order chi connectivity index (χ1) is 8.74. The third kappa shape index (κ3) is 4.13. The van der Waals surface area contributed by atoms with E-state index in [2.05, 4.69) is 30.4 Å². The molecule has 0 aliphatic carbocycles. The van der Waals surface area contributed by atoms with Gasteiger partial charge in [0.15, 0.2) is 6.29 Å². The van der Waals surface area contributed by atoms with Crippen LogP contribution >= 0.6 is 0 Å². The maximum atomic E-state index is 5.82. The Balaban J connectivity index is 1.91. The summed E-state index contributed by atoms with van der Waals surface area (Å²) in [7, 11) is 0. The first-order valence-corrected chi connectivity index (χ1v) is 6.45. The summed E-state index contributed by atoms with van der Waals surface area (Å²) in [5.41, 5.74) is 1.19. The SMILES string of the molecule is CC(C)O[C@@H]1C=CC[C@@H](/C=C/c2ccccc2)O1. The summed E-state index contributed by atoms with van der Waals surface area (Å²) < 4.78 is 11.5. The molecule has 0 bridgehead atoms. The van der Waals surface area contributed by atoms with Crippen molar-refractivity contribution >= 4 is 6.08 Å². The topological polar surface area (TPSA) is 18.5 Å². The highest BCUT2D eigenvalue weighted by atomic mass is 16.7. The largest absolute Gasteiger partial charge is 0.346 e. The second-order valence-electron chi connectivity index (χ2n) is 4.66. The van der Waals surface area contributed by atoms with Gasteiger partial charge in [0, 0.05) is 0 Å². The van der Waals surface area contributed by atoms with Crippen LogP contribution in [0.1, 0.15) is 25.8 Å². The van der Waals surface area contributed by atoms with Crippen molar-refractivity contribution in [2.45, 2.75) is 38.8 Å². The summed E-state index contributed by atoms with van der Waals surface area (Å²) in [6, 6.07) is 10.2. The highest BCUT2D eigenvalue weighted by Gasteiger charge is 2.17. The Morgan fingerprint density at radius 3 is 2.78 bits per heavy atom. The normalized spacial score (nSPS) is 23.9. The molecule has 0 fully saturated rings. The number of ether oxygens (including phenoxy) is 2. The molecular formula is C16H20O2. The molecule has 18 heavy (non-hydrogen) atoms. The zero-order chi connectivity index (χ0) is 12.8. The van der Waals surface area contributed by atoms with Crippen LogP contribution in [-0.2, 0) is 9.47 Å². The first-order valence-electron chi connectivity index (χ1n) is 6.45. The molecule has 0 aromatic heterocycles. The van der Waals surface area contributed by atoms with Crippen molar-refractivity contribution in [3.63, 3.8) is 0 Å². The van der Waals surface area contributed by atoms with Crippen LogP contribution in [0.15, 0.2) is 48.6 Å². The van der Waals surface area contributed by atoms with E-state index in [9.17, 15) is 0 Å². The highest BCUT2D eigenvalue weighted by molar-refractivity contribution is 5.49. The molecule has 0 radical (unpaired) electrons. The van der Waals surface area contributed by atoms with Crippen molar-refractivity contribution in [3.05, 3.63) is 54.1 Å². The Bertz CT molecular complexity index is 406. The van der Waals surface area contributed by atoms with Gasteiger partial charge in [0.1, 0.15) is 0 Å². The van der Waals surface area contributed by atoms with Gasteiger partial charge in [-0.1, -0.05) is 48.6 Å². The lowest BCUT2D eigenvalue weighted by Crippen LogP contribution is -2.27. The molecule has 0 saturated carbocycles. The molecule has 2 nitrogen and oxygen atoms in total. The van der Waals surface area contributed by atoms with Crippen molar-refractivity contribution in [3.8, 4) is 0 Å². The van der Waals surface area contributed by atoms with Gasteiger partial charge in [-0.15, -0.1) is 0 Å². The predicted molar refractivity (Wildman–Crippen MR) is 74.1 cm³/mol. The number of hydrogen-bond donors (Lipinski definition) is 0. The molecule has 0 amide bonds. The van der Waals surface area contributed by atoms with Crippen LogP contribution in [0.4, 0.5) is 0 Å². The Hall–Kier alpha value is -1.38. The van der Waals surface area contributed by atoms with Crippen LogP contribution in [0, 0.1) is 0 Å². The van der Waals surface area contributed by atoms with Crippen molar-refractivity contribution in [2.75, 3.05) is 0 Å². The standard InChI is InChI=1S/C16H20O2/c1-13(2)17-16-10-6-9-15(18-16)12-11-14-7-4-3-5-8-14/h3-8,10-13,15-16H,9H2,1-2H3/b12-11+/t15-,16-/m0/s1. The molecule has 0 saturated heterocycles. The zero-order valence-corrected chi connectivity index (χ0v) is 11.0. The van der Waals surface area contributed by atoms with E-state index in [1.165, 1.54) is 5.56 Å². The Kier molecular flexibility index (Phi) is 4.73. The fourth-order valence-corrected chi connectivity index (χ4v) is 1.85. The Morgan fingerprint density at radius 2 is 2.06 bits per heavy atom. The van der Waals surface area contributed by atoms with Gasteiger partial charge in [-0.3, -0.25) is 0 Å². The fraction of sp³-hybridized carbons (Fsp3) is 0.375. The third-order valence-electron chi connectivity index (χ3n) is 2.68. The van der Waals surface area contributed by atoms with Gasteiger partial charge in [0.05, 0.1) is 12.2 Å². The van der Waals surface area contributed by atoms with E-state index in [0.29, 0.717) is 0 Å². The summed E-state index contributed by atoms with van der Waals surface area (Å²) in [6.07, 6.45) is 9.25. The van der Waals surface area contributed by atoms with Gasteiger partial charge in [-0.2, -0.15) is 0 Å². The van der Waals surface area contributed by atoms with Crippen LogP contribution in [-0.4, -0.2) is 18.5 Å². The maximum absolute atomic E-state index is 5.82. The average molecular weight is 244 g/mol. The van der Waals surface area contributed by atoms with Gasteiger partial charge in [-0.25, -0.2) is 0 Å². The Morgan fingerprint density at radius 1 is 1.28 bits per heavy atom. The van der Waals surface area contributed by atoms with Crippen molar-refractivity contribution in [1.82, 2.24) is 0 Å². The Labute approximate surface area is 109 Å². The van der Waals surface area contributed by atoms with Gasteiger partial charge in [0.25, 0.3) is 0 Å². The molecule has 96 valence electrons. The van der Waals surface area contributed by atoms with Gasteiger partial charge >= 0.3 is 0 Å². The molecule has 0 N–H and O–H groups in total. The highest BCUT2D eigenvalue weighted by Crippen LogP contribution is 2.16. The molecule has 1 aromatic rings. The molecule has 2 heteroatoms. The van der Waals surface area contributed by atoms with E-state index in [1.54, 1.807) is 0 Å². The van der Waals surface area contributed by atoms with E-state index < -0.39 is 0 Å².